The summed E-state index contributed by atoms with van der Waals surface area (Å²) in [6.07, 6.45) is 2.61. The fraction of sp³-hybridized carbons (Fsp3) is 0.444. The topological polar surface area (TPSA) is 95.9 Å². The number of nitrogens with one attached hydrogen (secondary N) is 1. The summed E-state index contributed by atoms with van der Waals surface area (Å²) < 4.78 is 0. The van der Waals surface area contributed by atoms with Gasteiger partial charge in [-0.15, -0.1) is 0 Å². The van der Waals surface area contributed by atoms with Crippen LogP contribution in [0.4, 0.5) is 0 Å². The van der Waals surface area contributed by atoms with E-state index in [1.807, 2.05) is 6.92 Å². The summed E-state index contributed by atoms with van der Waals surface area (Å²) in [5, 5.41) is 17.2. The van der Waals surface area contributed by atoms with Crippen molar-refractivity contribution in [1.29, 1.82) is 5.41 Å². The molecule has 6 heteroatoms. The molecule has 0 aliphatic carbocycles. The van der Waals surface area contributed by atoms with Crippen LogP contribution < -0.4 is 5.73 Å². The Hall–Kier alpha value is -1.14. The van der Waals surface area contributed by atoms with Crippen LogP contribution in [-0.2, 0) is 0 Å². The maximum absolute atomic E-state index is 9.30. The lowest BCUT2D eigenvalue weighted by Gasteiger charge is -2.12. The largest absolute Gasteiger partial charge is 0.392 e. The number of nitrogens with two attached hydrogens (primary N) is 1. The van der Waals surface area contributed by atoms with Crippen LogP contribution in [-0.4, -0.2) is 32.3 Å². The maximum atomic E-state index is 9.30. The molecule has 82 valence electrons. The van der Waals surface area contributed by atoms with E-state index in [0.717, 1.165) is 0 Å². The van der Waals surface area contributed by atoms with E-state index in [-0.39, 0.29) is 11.1 Å². The third kappa shape index (κ3) is 3.49. The first-order valence-corrected chi connectivity index (χ1v) is 5.40. The second kappa shape index (κ2) is 5.09. The van der Waals surface area contributed by atoms with Crippen LogP contribution in [0, 0.1) is 5.41 Å². The van der Waals surface area contributed by atoms with Crippen molar-refractivity contribution in [3.8, 4) is 0 Å². The highest BCUT2D eigenvalue weighted by Crippen LogP contribution is 2.22. The van der Waals surface area contributed by atoms with Crippen molar-refractivity contribution in [1.82, 2.24) is 9.97 Å². The van der Waals surface area contributed by atoms with Gasteiger partial charge < -0.3 is 10.8 Å². The van der Waals surface area contributed by atoms with E-state index in [1.165, 1.54) is 18.0 Å². The van der Waals surface area contributed by atoms with Gasteiger partial charge in [0.2, 0.25) is 0 Å². The number of nitrogens with zero attached hydrogens (tertiary/aromatic N) is 2. The molecular formula is C9H14N4OS. The lowest BCUT2D eigenvalue weighted by Crippen LogP contribution is -2.16. The predicted molar refractivity (Wildman–Crippen MR) is 60.0 cm³/mol. The number of thioether (sulfide) groups is 1. The van der Waals surface area contributed by atoms with E-state index < -0.39 is 6.10 Å². The first-order chi connectivity index (χ1) is 7.00. The summed E-state index contributed by atoms with van der Waals surface area (Å²) in [5.74, 6) is -0.0948. The third-order valence-electron chi connectivity index (χ3n) is 1.89. The third-order valence-corrected chi connectivity index (χ3v) is 3.11. The monoisotopic (exact) mass is 226 g/mol. The molecule has 0 radical (unpaired) electrons. The van der Waals surface area contributed by atoms with Crippen molar-refractivity contribution in [3.63, 3.8) is 0 Å². The van der Waals surface area contributed by atoms with E-state index in [0.29, 0.717) is 10.7 Å². The number of nitrogen functional groups attached to an aromatic ring is 1. The van der Waals surface area contributed by atoms with Gasteiger partial charge in [-0.25, -0.2) is 9.97 Å². The summed E-state index contributed by atoms with van der Waals surface area (Å²) in [6.45, 7) is 3.64. The van der Waals surface area contributed by atoms with Crippen LogP contribution in [0.1, 0.15) is 19.5 Å². The molecule has 4 N–H and O–H groups in total. The fourth-order valence-electron chi connectivity index (χ4n) is 0.805. The molecule has 2 unspecified atom stereocenters. The van der Waals surface area contributed by atoms with E-state index in [9.17, 15) is 5.11 Å². The zero-order valence-corrected chi connectivity index (χ0v) is 9.45. The molecule has 1 aromatic rings. The van der Waals surface area contributed by atoms with Gasteiger partial charge in [-0.3, -0.25) is 5.41 Å². The standard InChI is InChI=1S/C9H14N4OS/c1-5(14)6(2)15-8-4-12-7(3-13-8)9(10)11/h3-6,14H,1-2H3,(H3,10,11). The SMILES string of the molecule is CC(O)C(C)Sc1cnc(C(=N)N)cn1. The number of aliphatic hydroxyl groups is 1. The molecule has 0 aliphatic heterocycles. The van der Waals surface area contributed by atoms with Gasteiger partial charge in [0.25, 0.3) is 0 Å². The van der Waals surface area contributed by atoms with Gasteiger partial charge in [0.05, 0.1) is 18.5 Å². The van der Waals surface area contributed by atoms with Crippen LogP contribution in [0.2, 0.25) is 0 Å². The minimum Gasteiger partial charge on any atom is -0.392 e. The molecule has 2 atom stereocenters. The van der Waals surface area contributed by atoms with Gasteiger partial charge >= 0.3 is 0 Å². The van der Waals surface area contributed by atoms with E-state index >= 15 is 0 Å². The number of rotatable bonds is 4. The van der Waals surface area contributed by atoms with Crippen LogP contribution in [0.15, 0.2) is 17.4 Å². The highest BCUT2D eigenvalue weighted by molar-refractivity contribution is 7.99. The van der Waals surface area contributed by atoms with Crippen LogP contribution >= 0.6 is 11.8 Å². The number of aromatic nitrogens is 2. The number of aliphatic hydroxyl groups excluding tert-OH is 1. The summed E-state index contributed by atoms with van der Waals surface area (Å²) in [6, 6.07) is 0. The maximum Gasteiger partial charge on any atom is 0.143 e. The molecule has 0 bridgehead atoms. The molecule has 0 aromatic carbocycles. The van der Waals surface area contributed by atoms with Gasteiger partial charge in [-0.2, -0.15) is 0 Å². The molecule has 1 rings (SSSR count). The first kappa shape index (κ1) is 11.9. The zero-order valence-electron chi connectivity index (χ0n) is 8.64. The second-order valence-corrected chi connectivity index (χ2v) is 4.61. The Morgan fingerprint density at radius 2 is 2.13 bits per heavy atom. The van der Waals surface area contributed by atoms with E-state index in [2.05, 4.69) is 9.97 Å². The van der Waals surface area contributed by atoms with Crippen molar-refractivity contribution >= 4 is 17.6 Å². The minimum absolute atomic E-state index is 0.0579. The lowest BCUT2D eigenvalue weighted by atomic mass is 10.3. The normalized spacial score (nSPS) is 14.6. The average Bonchev–Trinajstić information content (AvgIpc) is 2.18. The van der Waals surface area contributed by atoms with Gasteiger partial charge in [0, 0.05) is 5.25 Å². The van der Waals surface area contributed by atoms with Crippen LogP contribution in [0.3, 0.4) is 0 Å². The Balaban J connectivity index is 2.68. The Kier molecular flexibility index (Phi) is 4.05. The average molecular weight is 226 g/mol. The number of amidine groups is 1. The Labute approximate surface area is 92.6 Å². The van der Waals surface area contributed by atoms with Gasteiger partial charge in [-0.05, 0) is 6.92 Å². The van der Waals surface area contributed by atoms with Gasteiger partial charge in [0.15, 0.2) is 0 Å². The van der Waals surface area contributed by atoms with Crippen molar-refractivity contribution in [2.24, 2.45) is 5.73 Å². The second-order valence-electron chi connectivity index (χ2n) is 3.22. The molecular weight excluding hydrogens is 212 g/mol. The molecule has 0 amide bonds. The molecule has 0 saturated carbocycles. The van der Waals surface area contributed by atoms with Crippen molar-refractivity contribution in [2.75, 3.05) is 0 Å². The van der Waals surface area contributed by atoms with Crippen molar-refractivity contribution in [3.05, 3.63) is 18.1 Å². The molecule has 0 spiro atoms. The Morgan fingerprint density at radius 1 is 1.47 bits per heavy atom. The fourth-order valence-corrected chi connectivity index (χ4v) is 1.61. The van der Waals surface area contributed by atoms with Crippen LogP contribution in [0.25, 0.3) is 0 Å². The van der Waals surface area contributed by atoms with Crippen LogP contribution in [0.5, 0.6) is 0 Å². The van der Waals surface area contributed by atoms with Crippen molar-refractivity contribution in [2.45, 2.75) is 30.2 Å². The Bertz CT molecular complexity index is 338. The zero-order chi connectivity index (χ0) is 11.4. The van der Waals surface area contributed by atoms with Gasteiger partial charge in [0.1, 0.15) is 16.6 Å². The lowest BCUT2D eigenvalue weighted by molar-refractivity contribution is 0.196. The predicted octanol–water partition coefficient (Wildman–Crippen LogP) is 0.622. The minimum atomic E-state index is -0.399. The van der Waals surface area contributed by atoms with E-state index in [1.54, 1.807) is 13.1 Å². The number of hydrogen-bond donors (Lipinski definition) is 3. The molecule has 0 saturated heterocycles. The quantitative estimate of drug-likeness (QED) is 0.397. The van der Waals surface area contributed by atoms with Gasteiger partial charge in [-0.1, -0.05) is 18.7 Å². The highest BCUT2D eigenvalue weighted by Gasteiger charge is 2.11. The Morgan fingerprint density at radius 3 is 2.53 bits per heavy atom. The summed E-state index contributed by atoms with van der Waals surface area (Å²) >= 11 is 1.44. The smallest absolute Gasteiger partial charge is 0.143 e. The highest BCUT2D eigenvalue weighted by atomic mass is 32.2. The summed E-state index contributed by atoms with van der Waals surface area (Å²) in [7, 11) is 0. The van der Waals surface area contributed by atoms with E-state index in [4.69, 9.17) is 11.1 Å². The molecule has 0 fully saturated rings. The number of hydrogen-bond acceptors (Lipinski definition) is 5. The summed E-state index contributed by atoms with van der Waals surface area (Å²) in [4.78, 5) is 8.07. The first-order valence-electron chi connectivity index (χ1n) is 4.52. The molecule has 1 heterocycles. The van der Waals surface area contributed by atoms with Crippen molar-refractivity contribution < 1.29 is 5.11 Å². The molecule has 0 aliphatic rings. The molecule has 15 heavy (non-hydrogen) atoms. The summed E-state index contributed by atoms with van der Waals surface area (Å²) in [5.41, 5.74) is 5.61. The molecule has 1 aromatic heterocycles. The molecule has 5 nitrogen and oxygen atoms in total.